The van der Waals surface area contributed by atoms with Crippen molar-refractivity contribution >= 4 is 16.8 Å². The Morgan fingerprint density at radius 2 is 0.610 bits per heavy atom. The normalized spacial score (nSPS) is 45.3. The highest BCUT2D eigenvalue weighted by molar-refractivity contribution is 5.83. The fourth-order valence-electron chi connectivity index (χ4n) is 13.4. The van der Waals surface area contributed by atoms with E-state index in [1.807, 2.05) is 30.5 Å². The average molecular weight is 1450 g/mol. The molecule has 1 amide bonds. The molecule has 0 saturated carbocycles. The summed E-state index contributed by atoms with van der Waals surface area (Å²) in [6.45, 7) is -4.21. The third-order valence-electron chi connectivity index (χ3n) is 19.1. The number of hydrogen-bond acceptors (Lipinski definition) is 38. The van der Waals surface area contributed by atoms with E-state index in [4.69, 9.17) is 66.3 Å². The van der Waals surface area contributed by atoms with Crippen molar-refractivity contribution in [2.75, 3.05) is 85.5 Å². The lowest BCUT2D eigenvalue weighted by atomic mass is 9.95. The summed E-state index contributed by atoms with van der Waals surface area (Å²) >= 11 is 0. The molecule has 40 nitrogen and oxygen atoms in total. The van der Waals surface area contributed by atoms with Crippen LogP contribution >= 0.6 is 0 Å². The maximum absolute atomic E-state index is 12.5. The van der Waals surface area contributed by atoms with Gasteiger partial charge >= 0.3 is 0 Å². The Labute approximate surface area is 570 Å². The van der Waals surface area contributed by atoms with E-state index >= 15 is 0 Å². The van der Waals surface area contributed by atoms with E-state index in [-0.39, 0.29) is 19.0 Å². The smallest absolute Gasteiger partial charge is 0.220 e. The maximum Gasteiger partial charge on any atom is 0.220 e. The third-order valence-corrected chi connectivity index (χ3v) is 19.1. The maximum atomic E-state index is 12.5. The Kier molecular flexibility index (Phi) is 28.8. The number of aliphatic hydroxyl groups excluding tert-OH is 20. The van der Waals surface area contributed by atoms with E-state index in [0.29, 0.717) is 45.6 Å². The van der Waals surface area contributed by atoms with Crippen LogP contribution in [0.25, 0.3) is 10.9 Å². The molecule has 1 aromatic heterocycles. The summed E-state index contributed by atoms with van der Waals surface area (Å²) in [7, 11) is 0. The number of amides is 1. The summed E-state index contributed by atoms with van der Waals surface area (Å²) < 4.78 is 81.8. The van der Waals surface area contributed by atoms with Gasteiger partial charge in [-0.1, -0.05) is 18.2 Å². The van der Waals surface area contributed by atoms with Crippen molar-refractivity contribution in [3.8, 4) is 0 Å². The Balaban J connectivity index is 0.833. The highest BCUT2D eigenvalue weighted by atomic mass is 16.8. The van der Waals surface area contributed by atoms with Gasteiger partial charge in [-0.25, -0.2) is 0 Å². The predicted octanol–water partition coefficient (Wildman–Crippen LogP) is -13.8. The lowest BCUT2D eigenvalue weighted by Crippen LogP contribution is -2.68. The van der Waals surface area contributed by atoms with Crippen LogP contribution in [0.5, 0.6) is 0 Å². The summed E-state index contributed by atoms with van der Waals surface area (Å²) in [4.78, 5) is 15.8. The van der Waals surface area contributed by atoms with E-state index in [9.17, 15) is 107 Å². The highest BCUT2D eigenvalue weighted by Gasteiger charge is 2.60. The standard InChI is InChI=1S/C60H97N5O35/c66-16-26-48-35(75)42(82)56(89-26)97-50-28(18-68)91-58(44(84)37(50)77)99-52-30(20-70)93-60(46(86)39(52)79)100-53-31(21-71)92-59(45(85)38(53)78)98-51-29(19-69)90-57(43(83)36(51)76)96-49-27(17-67)88-55(41(81)34(49)74)94-47-25(87-54(95-48)40(80)33(47)73)15-63-11-10-61-8-9-62-12-13-64-32(72)7-3-4-22-14-65-24-6-2-1-5-23(22)24/h1-2,5-6,14,25-31,33-63,65-71,73-86H,3-4,7-13,15-21H2,(H,64,72)/t25-,26-,27-,28-,29-,30-,31-,33-,34-,35-,36-,37-,38-,39-,40-,41-,42-,43-,44-,45-,46-,47-,48-,49-,50-,51-,52-,53-,54-,55-,56-,57-,58-,59-,60-/m1/s1. The molecule has 0 spiro atoms. The first kappa shape index (κ1) is 79.3. The van der Waals surface area contributed by atoms with Crippen molar-refractivity contribution in [2.45, 2.75) is 234 Å². The van der Waals surface area contributed by atoms with E-state index < -0.39 is 255 Å². The van der Waals surface area contributed by atoms with Crippen molar-refractivity contribution in [1.82, 2.24) is 26.3 Å². The monoisotopic (exact) mass is 1450 g/mol. The minimum absolute atomic E-state index is 0.0728. The van der Waals surface area contributed by atoms with Crippen LogP contribution in [0.15, 0.2) is 30.5 Å². The molecular weight excluding hydrogens is 1350 g/mol. The fraction of sp³-hybridized carbons (Fsp3) is 0.850. The first-order valence-electron chi connectivity index (χ1n) is 33.3. The number of aryl methyl sites for hydroxylation is 1. The summed E-state index contributed by atoms with van der Waals surface area (Å²) in [5, 5.41) is 239. The Morgan fingerprint density at radius 3 is 0.920 bits per heavy atom. The molecule has 0 unspecified atom stereocenters. The van der Waals surface area contributed by atoms with Crippen molar-refractivity contribution in [2.24, 2.45) is 0 Å². The zero-order valence-corrected chi connectivity index (χ0v) is 54.0. The lowest BCUT2D eigenvalue weighted by Gasteiger charge is -2.50. The van der Waals surface area contributed by atoms with Gasteiger partial charge in [0.2, 0.25) is 5.91 Å². The van der Waals surface area contributed by atoms with E-state index in [2.05, 4.69) is 26.3 Å². The molecule has 22 heterocycles. The molecule has 0 radical (unpaired) electrons. The molecule has 2 aromatic rings. The molecule has 0 aliphatic carbocycles. The number of fused-ring (bicyclic) bond motifs is 1. The van der Waals surface area contributed by atoms with Crippen molar-refractivity contribution in [3.63, 3.8) is 0 Å². The number of hydrogen-bond donors (Lipinski definition) is 25. The first-order chi connectivity index (χ1) is 48.0. The van der Waals surface area contributed by atoms with Gasteiger partial charge < -0.3 is 195 Å². The number of rotatable bonds is 21. The van der Waals surface area contributed by atoms with Gasteiger partial charge in [0.25, 0.3) is 0 Å². The Morgan fingerprint density at radius 1 is 0.340 bits per heavy atom. The predicted molar refractivity (Wildman–Crippen MR) is 324 cm³/mol. The molecule has 100 heavy (non-hydrogen) atoms. The number of H-pyrrole nitrogens is 1. The Bertz CT molecular complexity index is 2780. The quantitative estimate of drug-likeness (QED) is 0.0516. The molecule has 40 heteroatoms. The lowest BCUT2D eigenvalue weighted by molar-refractivity contribution is -0.396. The number of benzene rings is 1. The number of nitrogens with one attached hydrogen (secondary N) is 5. The van der Waals surface area contributed by atoms with Gasteiger partial charge in [-0.05, 0) is 24.5 Å². The van der Waals surface area contributed by atoms with E-state index in [0.717, 1.165) is 22.9 Å². The van der Waals surface area contributed by atoms with Crippen LogP contribution < -0.4 is 21.3 Å². The summed E-state index contributed by atoms with van der Waals surface area (Å²) in [6, 6.07) is 7.95. The second-order valence-corrected chi connectivity index (χ2v) is 25.7. The molecule has 14 bridgehead atoms. The summed E-state index contributed by atoms with van der Waals surface area (Å²) in [5.41, 5.74) is 2.18. The van der Waals surface area contributed by atoms with E-state index in [1.165, 1.54) is 0 Å². The van der Waals surface area contributed by atoms with Crippen LogP contribution in [0.1, 0.15) is 18.4 Å². The molecule has 23 rings (SSSR count). The number of para-hydroxylation sites is 1. The number of aromatic nitrogens is 1. The zero-order valence-electron chi connectivity index (χ0n) is 54.0. The van der Waals surface area contributed by atoms with Gasteiger partial charge in [-0.3, -0.25) is 4.79 Å². The van der Waals surface area contributed by atoms with Gasteiger partial charge in [-0.2, -0.15) is 0 Å². The van der Waals surface area contributed by atoms with Crippen LogP contribution in [0.2, 0.25) is 0 Å². The number of ether oxygens (including phenoxy) is 14. The molecule has 21 fully saturated rings. The highest BCUT2D eigenvalue weighted by Crippen LogP contribution is 2.39. The first-order valence-corrected chi connectivity index (χ1v) is 33.3. The third kappa shape index (κ3) is 17.7. The van der Waals surface area contributed by atoms with Crippen molar-refractivity contribution in [3.05, 3.63) is 36.0 Å². The van der Waals surface area contributed by atoms with Crippen LogP contribution in [0.4, 0.5) is 0 Å². The molecule has 35 atom stereocenters. The van der Waals surface area contributed by atoms with E-state index in [1.54, 1.807) is 0 Å². The van der Waals surface area contributed by atoms with Crippen LogP contribution in [0.3, 0.4) is 0 Å². The molecule has 572 valence electrons. The fourth-order valence-corrected chi connectivity index (χ4v) is 13.4. The van der Waals surface area contributed by atoms with Crippen LogP contribution in [0, 0.1) is 0 Å². The van der Waals surface area contributed by atoms with Gasteiger partial charge in [0, 0.05) is 69.3 Å². The second-order valence-electron chi connectivity index (χ2n) is 25.7. The topological polar surface area (TPSA) is 615 Å². The largest absolute Gasteiger partial charge is 0.394 e. The van der Waals surface area contributed by atoms with Crippen LogP contribution in [-0.4, -0.2) is 413 Å². The van der Waals surface area contributed by atoms with Gasteiger partial charge in [0.15, 0.2) is 44.0 Å². The zero-order chi connectivity index (χ0) is 71.8. The molecular formula is C60H97N5O35. The molecule has 1 aromatic carbocycles. The minimum Gasteiger partial charge on any atom is -0.394 e. The molecule has 21 aliphatic heterocycles. The molecule has 21 aliphatic rings. The summed E-state index contributed by atoms with van der Waals surface area (Å²) in [5.74, 6) is -0.0728. The number of aromatic amines is 1. The SMILES string of the molecule is O=C(CCCc1c[nH]c2ccccc12)NCCNCCNCCNC[C@H]1O[C@@H]2O[C@H]3[C@H](O)[C@@H](O)[C@@H](O[C@H]4[C@H](O)[C@@H](O)[C@@H](O[C@H]5[C@H](O)[C@@H](O)[C@@H](O[C@H]6[C@H](O)[C@@H](O)[C@@H](O[C@H]7[C@H](O)[C@@H](O)[C@@H](O[C@H]8[C@H](O)[C@@H](O)[C@@H](O[C@H]1[C@H](O)[C@H]2O)O[C@@H]8CO)O[C@@H]7CO)O[C@@H]6CO)O[C@@H]5CO)O[C@@H]4CO)O[C@@H]3CO. The Hall–Kier alpha value is -3.25. The van der Waals surface area contributed by atoms with Gasteiger partial charge in [0.05, 0.1) is 39.6 Å². The average Bonchev–Trinajstić information content (AvgIpc) is 0.844. The van der Waals surface area contributed by atoms with Crippen molar-refractivity contribution in [1.29, 1.82) is 0 Å². The second kappa shape index (κ2) is 36.4. The molecule has 25 N–H and O–H groups in total. The number of carbonyl (C=O) groups is 1. The summed E-state index contributed by atoms with van der Waals surface area (Å²) in [6.07, 6.45) is -66.2. The minimum atomic E-state index is -2.22. The van der Waals surface area contributed by atoms with Gasteiger partial charge in [-0.15, -0.1) is 0 Å². The number of aliphatic hydroxyl groups is 20. The van der Waals surface area contributed by atoms with Gasteiger partial charge in [0.1, 0.15) is 171 Å². The number of carbonyl (C=O) groups excluding carboxylic acids is 1. The van der Waals surface area contributed by atoms with Crippen molar-refractivity contribution < 1.29 is 173 Å². The van der Waals surface area contributed by atoms with Crippen LogP contribution in [-0.2, 0) is 77.5 Å². The molecule has 21 saturated heterocycles.